The molecular formula is C17H22Cl3NO2S. The number of hydrogen-bond acceptors (Lipinski definition) is 3. The van der Waals surface area contributed by atoms with E-state index >= 15 is 0 Å². The molecule has 0 spiro atoms. The smallest absolute Gasteiger partial charge is 0.272 e. The summed E-state index contributed by atoms with van der Waals surface area (Å²) in [4.78, 5) is 13.2. The quantitative estimate of drug-likeness (QED) is 0.707. The number of benzene rings is 1. The Bertz CT molecular complexity index is 553. The summed E-state index contributed by atoms with van der Waals surface area (Å²) < 4.78 is 4.29. The monoisotopic (exact) mass is 409 g/mol. The molecule has 1 fully saturated rings. The maximum atomic E-state index is 12.2. The van der Waals surface area contributed by atoms with Gasteiger partial charge in [-0.1, -0.05) is 85.5 Å². The van der Waals surface area contributed by atoms with Crippen molar-refractivity contribution < 1.29 is 9.53 Å². The number of halogens is 3. The Labute approximate surface area is 162 Å². The summed E-state index contributed by atoms with van der Waals surface area (Å²) in [6.07, 6.45) is 1.06. The van der Waals surface area contributed by atoms with Crippen LogP contribution in [-0.2, 0) is 9.53 Å². The van der Waals surface area contributed by atoms with Gasteiger partial charge in [-0.25, -0.2) is 0 Å². The number of carbonyl (C=O) groups is 1. The van der Waals surface area contributed by atoms with Gasteiger partial charge in [-0.15, -0.1) is 0 Å². The fraction of sp³-hybridized carbons (Fsp3) is 0.588. The van der Waals surface area contributed by atoms with Gasteiger partial charge in [0.05, 0.1) is 12.1 Å². The first-order valence-electron chi connectivity index (χ1n) is 7.99. The van der Waals surface area contributed by atoms with E-state index in [9.17, 15) is 4.79 Å². The number of rotatable bonds is 4. The summed E-state index contributed by atoms with van der Waals surface area (Å²) >= 11 is 18.8. The van der Waals surface area contributed by atoms with Crippen LogP contribution in [0.1, 0.15) is 27.2 Å². The zero-order chi connectivity index (χ0) is 17.9. The van der Waals surface area contributed by atoms with Gasteiger partial charge in [0, 0.05) is 4.90 Å². The average Bonchev–Trinajstić information content (AvgIpc) is 2.54. The molecule has 1 N–H and O–H groups in total. The van der Waals surface area contributed by atoms with E-state index in [1.165, 1.54) is 0 Å². The van der Waals surface area contributed by atoms with Gasteiger partial charge in [0.15, 0.2) is 0 Å². The van der Waals surface area contributed by atoms with E-state index < -0.39 is 9.70 Å². The predicted octanol–water partition coefficient (Wildman–Crippen LogP) is 5.04. The van der Waals surface area contributed by atoms with Crippen LogP contribution in [0.2, 0.25) is 0 Å². The molecule has 0 saturated carbocycles. The van der Waals surface area contributed by atoms with E-state index in [-0.39, 0.29) is 23.5 Å². The highest BCUT2D eigenvalue weighted by molar-refractivity contribution is 7.99. The Hall–Kier alpha value is -0.130. The van der Waals surface area contributed by atoms with Gasteiger partial charge in [0.1, 0.15) is 5.44 Å². The molecule has 1 aliphatic rings. The minimum Gasteiger partial charge on any atom is -0.362 e. The van der Waals surface area contributed by atoms with E-state index in [0.717, 1.165) is 11.3 Å². The van der Waals surface area contributed by atoms with E-state index in [1.54, 1.807) is 11.8 Å². The highest BCUT2D eigenvalue weighted by Gasteiger charge is 2.44. The van der Waals surface area contributed by atoms with Crippen LogP contribution in [0.5, 0.6) is 0 Å². The molecular weight excluding hydrogens is 389 g/mol. The molecule has 0 radical (unpaired) electrons. The Morgan fingerprint density at radius 3 is 2.38 bits per heavy atom. The summed E-state index contributed by atoms with van der Waals surface area (Å²) in [5, 5.41) is 2.87. The molecule has 134 valence electrons. The fourth-order valence-electron chi connectivity index (χ4n) is 2.93. The molecule has 0 aliphatic carbocycles. The molecule has 7 heteroatoms. The molecule has 0 bridgehead atoms. The minimum atomic E-state index is -1.98. The van der Waals surface area contributed by atoms with Gasteiger partial charge < -0.3 is 10.1 Å². The normalized spacial score (nSPS) is 30.8. The number of amides is 1. The standard InChI is InChI=1S/C17H22Cl3NO2S/c1-4-13-10(2)11(3)14(21-16(22)17(18,19)20)15(23-13)24-12-8-6-5-7-9-12/h5-11,13-15H,4H2,1-3H3,(H,21,22)/t10-,11-,13?,14?,15-/m0/s1. The lowest BCUT2D eigenvalue weighted by Crippen LogP contribution is -2.57. The van der Waals surface area contributed by atoms with Crippen LogP contribution in [0.4, 0.5) is 0 Å². The van der Waals surface area contributed by atoms with Crippen LogP contribution >= 0.6 is 46.6 Å². The second-order valence-electron chi connectivity index (χ2n) is 6.10. The first kappa shape index (κ1) is 20.2. The van der Waals surface area contributed by atoms with E-state index in [2.05, 4.69) is 26.1 Å². The van der Waals surface area contributed by atoms with Crippen LogP contribution < -0.4 is 5.32 Å². The van der Waals surface area contributed by atoms with E-state index in [4.69, 9.17) is 39.5 Å². The van der Waals surface area contributed by atoms with Gasteiger partial charge in [0.25, 0.3) is 9.70 Å². The number of thioether (sulfide) groups is 1. The summed E-state index contributed by atoms with van der Waals surface area (Å²) in [5.41, 5.74) is -0.236. The SMILES string of the molecule is CCC1O[C@@H](Sc2ccccc2)C(NC(=O)C(Cl)(Cl)Cl)[C@@H](C)[C@@H]1C. The number of ether oxygens (including phenoxy) is 1. The van der Waals surface area contributed by atoms with Crippen LogP contribution in [0.3, 0.4) is 0 Å². The van der Waals surface area contributed by atoms with E-state index in [1.807, 2.05) is 30.3 Å². The van der Waals surface area contributed by atoms with Crippen molar-refractivity contribution in [3.8, 4) is 0 Å². The van der Waals surface area contributed by atoms with Crippen LogP contribution in [0.25, 0.3) is 0 Å². The molecule has 1 amide bonds. The largest absolute Gasteiger partial charge is 0.362 e. The fourth-order valence-corrected chi connectivity index (χ4v) is 4.34. The van der Waals surface area contributed by atoms with Crippen molar-refractivity contribution in [3.63, 3.8) is 0 Å². The lowest BCUT2D eigenvalue weighted by molar-refractivity contribution is -0.127. The second-order valence-corrected chi connectivity index (χ2v) is 9.55. The molecule has 1 aliphatic heterocycles. The molecule has 2 unspecified atom stereocenters. The Balaban J connectivity index is 2.22. The summed E-state index contributed by atoms with van der Waals surface area (Å²) in [6, 6.07) is 9.72. The third kappa shape index (κ3) is 4.95. The summed E-state index contributed by atoms with van der Waals surface area (Å²) in [5.74, 6) is -0.127. The number of alkyl halides is 3. The summed E-state index contributed by atoms with van der Waals surface area (Å²) in [7, 11) is 0. The maximum absolute atomic E-state index is 12.2. The van der Waals surface area contributed by atoms with Gasteiger partial charge >= 0.3 is 0 Å². The molecule has 2 rings (SSSR count). The molecule has 0 aromatic heterocycles. The molecule has 5 atom stereocenters. The molecule has 1 aromatic carbocycles. The molecule has 1 saturated heterocycles. The molecule has 1 aromatic rings. The van der Waals surface area contributed by atoms with Crippen molar-refractivity contribution in [1.29, 1.82) is 0 Å². The number of nitrogens with one attached hydrogen (secondary N) is 1. The lowest BCUT2D eigenvalue weighted by Gasteiger charge is -2.45. The predicted molar refractivity (Wildman–Crippen MR) is 102 cm³/mol. The van der Waals surface area contributed by atoms with Crippen LogP contribution in [0, 0.1) is 11.8 Å². The van der Waals surface area contributed by atoms with Crippen molar-refractivity contribution in [2.24, 2.45) is 11.8 Å². The van der Waals surface area contributed by atoms with Gasteiger partial charge in [-0.2, -0.15) is 0 Å². The van der Waals surface area contributed by atoms with E-state index in [0.29, 0.717) is 5.92 Å². The first-order valence-corrected chi connectivity index (χ1v) is 10.00. The third-order valence-electron chi connectivity index (χ3n) is 4.54. The Morgan fingerprint density at radius 1 is 1.21 bits per heavy atom. The van der Waals surface area contributed by atoms with Crippen molar-refractivity contribution >= 4 is 52.5 Å². The Kier molecular flexibility index (Phi) is 7.15. The topological polar surface area (TPSA) is 38.3 Å². The van der Waals surface area contributed by atoms with Gasteiger partial charge in [-0.3, -0.25) is 4.79 Å². The molecule has 3 nitrogen and oxygen atoms in total. The van der Waals surface area contributed by atoms with Crippen LogP contribution in [-0.4, -0.2) is 27.3 Å². The molecule has 24 heavy (non-hydrogen) atoms. The van der Waals surface area contributed by atoms with Crippen molar-refractivity contribution in [2.75, 3.05) is 0 Å². The third-order valence-corrected chi connectivity index (χ3v) is 6.23. The summed E-state index contributed by atoms with van der Waals surface area (Å²) in [6.45, 7) is 6.35. The highest BCUT2D eigenvalue weighted by atomic mass is 35.6. The number of carbonyl (C=O) groups excluding carboxylic acids is 1. The van der Waals surface area contributed by atoms with Crippen molar-refractivity contribution in [1.82, 2.24) is 5.32 Å². The molecule has 1 heterocycles. The van der Waals surface area contributed by atoms with Gasteiger partial charge in [0.2, 0.25) is 0 Å². The average molecular weight is 411 g/mol. The van der Waals surface area contributed by atoms with Crippen molar-refractivity contribution in [3.05, 3.63) is 30.3 Å². The highest BCUT2D eigenvalue weighted by Crippen LogP contribution is 2.40. The Morgan fingerprint density at radius 2 is 1.83 bits per heavy atom. The second kappa shape index (κ2) is 8.50. The number of hydrogen-bond donors (Lipinski definition) is 1. The van der Waals surface area contributed by atoms with Crippen molar-refractivity contribution in [2.45, 2.75) is 53.5 Å². The lowest BCUT2D eigenvalue weighted by atomic mass is 9.82. The minimum absolute atomic E-state index is 0.141. The van der Waals surface area contributed by atoms with Gasteiger partial charge in [-0.05, 0) is 30.4 Å². The first-order chi connectivity index (χ1) is 11.2. The zero-order valence-electron chi connectivity index (χ0n) is 13.8. The van der Waals surface area contributed by atoms with Crippen LogP contribution in [0.15, 0.2) is 35.2 Å². The zero-order valence-corrected chi connectivity index (χ0v) is 16.9. The maximum Gasteiger partial charge on any atom is 0.272 e.